The van der Waals surface area contributed by atoms with E-state index in [9.17, 15) is 14.4 Å². The molecule has 0 atom stereocenters. The molecule has 0 saturated carbocycles. The van der Waals surface area contributed by atoms with Gasteiger partial charge in [-0.3, -0.25) is 14.4 Å². The van der Waals surface area contributed by atoms with Crippen molar-refractivity contribution in [3.05, 3.63) is 72.3 Å². The van der Waals surface area contributed by atoms with E-state index in [1.807, 2.05) is 73.7 Å². The lowest BCUT2D eigenvalue weighted by atomic mass is 9.85. The first-order valence-corrected chi connectivity index (χ1v) is 11.9. The van der Waals surface area contributed by atoms with E-state index in [1.54, 1.807) is 15.9 Å². The van der Waals surface area contributed by atoms with Crippen molar-refractivity contribution in [3.63, 3.8) is 0 Å². The van der Waals surface area contributed by atoms with E-state index in [1.165, 1.54) is 0 Å². The number of anilines is 1. The van der Waals surface area contributed by atoms with E-state index in [2.05, 4.69) is 10.2 Å². The molecule has 0 radical (unpaired) electrons. The molecule has 0 aliphatic carbocycles. The topological polar surface area (TPSA) is 73.0 Å². The first-order chi connectivity index (χ1) is 16.5. The quantitative estimate of drug-likeness (QED) is 0.645. The standard InChI is InChI=1S/C27H32N4O3/c1-2-17-28-24(32)20-30-21-31(23-11-7-4-8-12-23)27(26(30)34)15-18-29(19-16-27)25(33)14-13-22-9-5-3-6-10-22/h3-14H,2,15-21H2,1H3,(H,28,32). The van der Waals surface area contributed by atoms with Crippen LogP contribution in [-0.4, -0.2) is 65.9 Å². The summed E-state index contributed by atoms with van der Waals surface area (Å²) in [6, 6.07) is 19.6. The van der Waals surface area contributed by atoms with Crippen LogP contribution in [0.25, 0.3) is 6.08 Å². The first kappa shape index (κ1) is 23.5. The van der Waals surface area contributed by atoms with Gasteiger partial charge in [0.2, 0.25) is 11.8 Å². The van der Waals surface area contributed by atoms with Gasteiger partial charge in [-0.25, -0.2) is 0 Å². The molecule has 2 aromatic carbocycles. The summed E-state index contributed by atoms with van der Waals surface area (Å²) in [5.41, 5.74) is 1.19. The summed E-state index contributed by atoms with van der Waals surface area (Å²) in [4.78, 5) is 44.4. The first-order valence-electron chi connectivity index (χ1n) is 11.9. The molecule has 2 saturated heterocycles. The van der Waals surface area contributed by atoms with Gasteiger partial charge in [0, 0.05) is 31.4 Å². The van der Waals surface area contributed by atoms with Crippen LogP contribution in [0.15, 0.2) is 66.7 Å². The summed E-state index contributed by atoms with van der Waals surface area (Å²) in [7, 11) is 0. The second-order valence-electron chi connectivity index (χ2n) is 8.86. The monoisotopic (exact) mass is 460 g/mol. The fourth-order valence-electron chi connectivity index (χ4n) is 4.75. The van der Waals surface area contributed by atoms with Crippen molar-refractivity contribution in [2.45, 2.75) is 31.7 Å². The summed E-state index contributed by atoms with van der Waals surface area (Å²) < 4.78 is 0. The molecule has 0 unspecified atom stereocenters. The van der Waals surface area contributed by atoms with E-state index in [0.29, 0.717) is 39.1 Å². The van der Waals surface area contributed by atoms with Crippen LogP contribution < -0.4 is 10.2 Å². The molecule has 2 fully saturated rings. The molecule has 4 rings (SSSR count). The molecule has 0 bridgehead atoms. The molecular formula is C27H32N4O3. The van der Waals surface area contributed by atoms with Crippen LogP contribution in [0, 0.1) is 0 Å². The lowest BCUT2D eigenvalue weighted by molar-refractivity contribution is -0.138. The smallest absolute Gasteiger partial charge is 0.250 e. The fraction of sp³-hybridized carbons (Fsp3) is 0.370. The van der Waals surface area contributed by atoms with Gasteiger partial charge in [-0.15, -0.1) is 0 Å². The fourth-order valence-corrected chi connectivity index (χ4v) is 4.75. The molecule has 7 heteroatoms. The molecule has 1 spiro atoms. The van der Waals surface area contributed by atoms with E-state index in [4.69, 9.17) is 0 Å². The highest BCUT2D eigenvalue weighted by Crippen LogP contribution is 2.39. The van der Waals surface area contributed by atoms with Crippen LogP contribution in [-0.2, 0) is 14.4 Å². The maximum absolute atomic E-state index is 13.6. The Labute approximate surface area is 201 Å². The second-order valence-corrected chi connectivity index (χ2v) is 8.86. The number of likely N-dealkylation sites (tertiary alicyclic amines) is 1. The number of rotatable bonds is 7. The van der Waals surface area contributed by atoms with E-state index < -0.39 is 5.54 Å². The summed E-state index contributed by atoms with van der Waals surface area (Å²) in [6.45, 7) is 3.99. The molecule has 2 aliphatic heterocycles. The predicted molar refractivity (Wildman–Crippen MR) is 133 cm³/mol. The van der Waals surface area contributed by atoms with Gasteiger partial charge in [-0.1, -0.05) is 55.5 Å². The van der Waals surface area contributed by atoms with Crippen molar-refractivity contribution < 1.29 is 14.4 Å². The van der Waals surface area contributed by atoms with Crippen molar-refractivity contribution in [3.8, 4) is 0 Å². The van der Waals surface area contributed by atoms with Gasteiger partial charge in [0.1, 0.15) is 12.1 Å². The highest BCUT2D eigenvalue weighted by atomic mass is 16.2. The Morgan fingerprint density at radius 2 is 1.65 bits per heavy atom. The van der Waals surface area contributed by atoms with Crippen LogP contribution >= 0.6 is 0 Å². The largest absolute Gasteiger partial charge is 0.355 e. The summed E-state index contributed by atoms with van der Waals surface area (Å²) in [5, 5.41) is 2.86. The number of carbonyl (C=O) groups excluding carboxylic acids is 3. The number of nitrogens with zero attached hydrogens (tertiary/aromatic N) is 3. The van der Waals surface area contributed by atoms with Gasteiger partial charge < -0.3 is 20.0 Å². The normalized spacial score (nSPS) is 17.6. The van der Waals surface area contributed by atoms with Crippen molar-refractivity contribution in [2.75, 3.05) is 37.7 Å². The zero-order valence-electron chi connectivity index (χ0n) is 19.7. The van der Waals surface area contributed by atoms with Crippen LogP contribution in [0.4, 0.5) is 5.69 Å². The van der Waals surface area contributed by atoms with Crippen LogP contribution in [0.5, 0.6) is 0 Å². The molecule has 34 heavy (non-hydrogen) atoms. The molecule has 2 heterocycles. The molecular weight excluding hydrogens is 428 g/mol. The number of piperidine rings is 1. The second kappa shape index (κ2) is 10.5. The molecule has 178 valence electrons. The zero-order chi connectivity index (χ0) is 24.0. The molecule has 2 aromatic rings. The lowest BCUT2D eigenvalue weighted by Crippen LogP contribution is -2.57. The Kier molecular flexibility index (Phi) is 7.30. The Bertz CT molecular complexity index is 1030. The molecule has 2 aliphatic rings. The van der Waals surface area contributed by atoms with Crippen molar-refractivity contribution in [2.24, 2.45) is 0 Å². The van der Waals surface area contributed by atoms with Gasteiger partial charge in [0.15, 0.2) is 0 Å². The van der Waals surface area contributed by atoms with Crippen molar-refractivity contribution in [1.29, 1.82) is 0 Å². The number of para-hydroxylation sites is 1. The third-order valence-electron chi connectivity index (χ3n) is 6.61. The lowest BCUT2D eigenvalue weighted by Gasteiger charge is -2.43. The Hall–Kier alpha value is -3.61. The number of amides is 3. The van der Waals surface area contributed by atoms with Gasteiger partial charge in [0.05, 0.1) is 6.67 Å². The minimum Gasteiger partial charge on any atom is -0.355 e. The van der Waals surface area contributed by atoms with E-state index >= 15 is 0 Å². The highest BCUT2D eigenvalue weighted by Gasteiger charge is 2.54. The number of carbonyl (C=O) groups is 3. The van der Waals surface area contributed by atoms with E-state index in [0.717, 1.165) is 17.7 Å². The third-order valence-corrected chi connectivity index (χ3v) is 6.61. The number of nitrogens with one attached hydrogen (secondary N) is 1. The Balaban J connectivity index is 1.48. The SMILES string of the molecule is CCCNC(=O)CN1CN(c2ccccc2)C2(CCN(C(=O)C=Cc3ccccc3)CC2)C1=O. The average Bonchev–Trinajstić information content (AvgIpc) is 3.13. The minimum atomic E-state index is -0.744. The van der Waals surface area contributed by atoms with Crippen LogP contribution in [0.3, 0.4) is 0 Å². The number of hydrogen-bond donors (Lipinski definition) is 1. The molecule has 7 nitrogen and oxygen atoms in total. The Morgan fingerprint density at radius 3 is 2.29 bits per heavy atom. The Morgan fingerprint density at radius 1 is 1.00 bits per heavy atom. The summed E-state index contributed by atoms with van der Waals surface area (Å²) in [6.07, 6.45) is 5.32. The van der Waals surface area contributed by atoms with Gasteiger partial charge in [0.25, 0.3) is 5.91 Å². The van der Waals surface area contributed by atoms with E-state index in [-0.39, 0.29) is 24.3 Å². The summed E-state index contributed by atoms with van der Waals surface area (Å²) >= 11 is 0. The van der Waals surface area contributed by atoms with Crippen molar-refractivity contribution >= 4 is 29.5 Å². The molecule has 0 aromatic heterocycles. The average molecular weight is 461 g/mol. The predicted octanol–water partition coefficient (Wildman–Crippen LogP) is 2.89. The van der Waals surface area contributed by atoms with Gasteiger partial charge in [-0.2, -0.15) is 0 Å². The third kappa shape index (κ3) is 4.98. The minimum absolute atomic E-state index is 0.0325. The van der Waals surface area contributed by atoms with Crippen molar-refractivity contribution in [1.82, 2.24) is 15.1 Å². The maximum Gasteiger partial charge on any atom is 0.250 e. The van der Waals surface area contributed by atoms with Crippen LogP contribution in [0.1, 0.15) is 31.7 Å². The number of hydrogen-bond acceptors (Lipinski definition) is 4. The molecule has 3 amide bonds. The zero-order valence-corrected chi connectivity index (χ0v) is 19.7. The van der Waals surface area contributed by atoms with Gasteiger partial charge >= 0.3 is 0 Å². The highest BCUT2D eigenvalue weighted by molar-refractivity contribution is 5.97. The maximum atomic E-state index is 13.6. The molecule has 1 N–H and O–H groups in total. The number of benzene rings is 2. The van der Waals surface area contributed by atoms with Gasteiger partial charge in [-0.05, 0) is 43.0 Å². The summed E-state index contributed by atoms with van der Waals surface area (Å²) in [5.74, 6) is -0.222. The van der Waals surface area contributed by atoms with Crippen LogP contribution in [0.2, 0.25) is 0 Å².